The van der Waals surface area contributed by atoms with Gasteiger partial charge in [-0.15, -0.1) is 0 Å². The Kier molecular flexibility index (Phi) is 32.5. The van der Waals surface area contributed by atoms with Crippen molar-refractivity contribution in [2.75, 3.05) is 6.61 Å². The monoisotopic (exact) mass is 1140 g/mol. The summed E-state index contributed by atoms with van der Waals surface area (Å²) >= 11 is 0. The molecule has 30 nitrogen and oxygen atoms in total. The number of hydrogen-bond donors (Lipinski definition) is 16. The lowest BCUT2D eigenvalue weighted by atomic mass is 9.96. The number of carboxylic acid groups (broad SMARTS) is 4. The van der Waals surface area contributed by atoms with Crippen molar-refractivity contribution in [2.45, 2.75) is 194 Å². The molecule has 0 aromatic rings. The molecule has 0 unspecified atom stereocenters. The lowest BCUT2D eigenvalue weighted by molar-refractivity contribution is -0.144. The van der Waals surface area contributed by atoms with E-state index in [0.717, 1.165) is 0 Å². The third-order valence-electron chi connectivity index (χ3n) is 12.6. The first-order chi connectivity index (χ1) is 37.1. The summed E-state index contributed by atoms with van der Waals surface area (Å²) in [5.74, 6) is -18.8. The van der Waals surface area contributed by atoms with Gasteiger partial charge >= 0.3 is 23.9 Å². The van der Waals surface area contributed by atoms with Crippen LogP contribution in [0.4, 0.5) is 0 Å². The highest BCUT2D eigenvalue weighted by Crippen LogP contribution is 2.15. The summed E-state index contributed by atoms with van der Waals surface area (Å²) in [5.41, 5.74) is 11.0. The summed E-state index contributed by atoms with van der Waals surface area (Å²) in [6.45, 7) is 15.2. The molecule has 0 aliphatic heterocycles. The van der Waals surface area contributed by atoms with Crippen molar-refractivity contribution < 1.29 is 92.7 Å². The fraction of sp³-hybridized carbons (Fsp3) is 0.720. The highest BCUT2D eigenvalue weighted by atomic mass is 16.4. The zero-order valence-electron chi connectivity index (χ0n) is 47.0. The maximum Gasteiger partial charge on any atom is 0.326 e. The smallest absolute Gasteiger partial charge is 0.326 e. The van der Waals surface area contributed by atoms with Gasteiger partial charge < -0.3 is 84.9 Å². The second-order valence-corrected chi connectivity index (χ2v) is 20.9. The number of nitrogens with one attached hydrogen (secondary N) is 9. The standard InChI is InChI=1S/C50H85N11O19/c1-11-25(9)39(60-41(70)27(51)13-15-35(64)65)48(77)53-28(14-16-36(66)67)42(71)54-31(20-37(68)69)45(74)59-38(24(7)8)47(76)55-30(18-23(5)6)44(73)58-33(21-62)46(75)61-40(26(10)12-2)49(78)56-29(17-22(3)4)43(72)57-32(50(79)80)19-34(52)63/h22-33,38-40,62H,11-21,51H2,1-10H3,(H2,52,63)(H,53,77)(H,54,71)(H,55,76)(H,56,78)(H,57,72)(H,58,73)(H,59,74)(H,60,70)(H,61,75)(H,64,65)(H,66,67)(H,68,69)(H,79,80)/t25-,26-,27-,28-,29-,30-,31-,32-,33-,38-,39-,40-/m0/s1. The Morgan fingerprint density at radius 3 is 1.14 bits per heavy atom. The summed E-state index contributed by atoms with van der Waals surface area (Å²) in [5, 5.41) is 69.4. The largest absolute Gasteiger partial charge is 0.481 e. The molecule has 10 amide bonds. The summed E-state index contributed by atoms with van der Waals surface area (Å²) in [6, 6.07) is -15.8. The van der Waals surface area contributed by atoms with E-state index in [0.29, 0.717) is 0 Å². The zero-order chi connectivity index (χ0) is 61.9. The number of hydrogen-bond acceptors (Lipinski definition) is 16. The Hall–Kier alpha value is -7.50. The van der Waals surface area contributed by atoms with Crippen molar-refractivity contribution in [3.05, 3.63) is 0 Å². The van der Waals surface area contributed by atoms with Crippen LogP contribution in [0.15, 0.2) is 0 Å². The molecule has 0 heterocycles. The molecule has 0 spiro atoms. The minimum Gasteiger partial charge on any atom is -0.481 e. The molecule has 30 heteroatoms. The van der Waals surface area contributed by atoms with Crippen molar-refractivity contribution in [3.8, 4) is 0 Å². The van der Waals surface area contributed by atoms with Gasteiger partial charge in [0, 0.05) is 12.8 Å². The highest BCUT2D eigenvalue weighted by Gasteiger charge is 2.38. The van der Waals surface area contributed by atoms with E-state index in [1.165, 1.54) is 13.8 Å². The minimum absolute atomic E-state index is 0.0134. The molecule has 0 rings (SSSR count). The first kappa shape index (κ1) is 72.5. The van der Waals surface area contributed by atoms with Crippen LogP contribution in [0.2, 0.25) is 0 Å². The number of rotatable bonds is 39. The second-order valence-electron chi connectivity index (χ2n) is 20.9. The number of aliphatic carboxylic acids is 4. The third kappa shape index (κ3) is 26.9. The highest BCUT2D eigenvalue weighted by molar-refractivity contribution is 5.99. The van der Waals surface area contributed by atoms with Crippen LogP contribution in [0.25, 0.3) is 0 Å². The fourth-order valence-corrected chi connectivity index (χ4v) is 7.64. The number of carboxylic acids is 4. The van der Waals surface area contributed by atoms with Crippen LogP contribution in [0.1, 0.15) is 133 Å². The molecule has 0 aliphatic carbocycles. The van der Waals surface area contributed by atoms with Crippen LogP contribution in [0.5, 0.6) is 0 Å². The van der Waals surface area contributed by atoms with Gasteiger partial charge in [0.1, 0.15) is 54.4 Å². The van der Waals surface area contributed by atoms with Gasteiger partial charge in [0.15, 0.2) is 0 Å². The van der Waals surface area contributed by atoms with Gasteiger partial charge in [-0.25, -0.2) is 4.79 Å². The Morgan fingerprint density at radius 1 is 0.400 bits per heavy atom. The van der Waals surface area contributed by atoms with Gasteiger partial charge in [-0.3, -0.25) is 62.3 Å². The number of aliphatic hydroxyl groups is 1. The maximum absolute atomic E-state index is 14.0. The van der Waals surface area contributed by atoms with Crippen LogP contribution in [0.3, 0.4) is 0 Å². The molecule has 0 aliphatic rings. The summed E-state index contributed by atoms with van der Waals surface area (Å²) in [4.78, 5) is 181. The molecule has 0 radical (unpaired) electrons. The molecule has 0 fully saturated rings. The number of nitrogens with two attached hydrogens (primary N) is 2. The average molecular weight is 1140 g/mol. The van der Waals surface area contributed by atoms with Crippen LogP contribution in [-0.4, -0.2) is 176 Å². The Labute approximate surface area is 463 Å². The molecule has 18 N–H and O–H groups in total. The van der Waals surface area contributed by atoms with E-state index in [1.807, 2.05) is 0 Å². The predicted octanol–water partition coefficient (Wildman–Crippen LogP) is -3.33. The van der Waals surface area contributed by atoms with E-state index >= 15 is 0 Å². The first-order valence-electron chi connectivity index (χ1n) is 26.4. The molecule has 0 bridgehead atoms. The normalized spacial score (nSPS) is 15.7. The van der Waals surface area contributed by atoms with Crippen LogP contribution in [-0.2, 0) is 67.1 Å². The van der Waals surface area contributed by atoms with E-state index in [4.69, 9.17) is 16.6 Å². The first-order valence-corrected chi connectivity index (χ1v) is 26.4. The van der Waals surface area contributed by atoms with Gasteiger partial charge in [0.05, 0.1) is 25.5 Å². The van der Waals surface area contributed by atoms with Crippen LogP contribution in [0, 0.1) is 29.6 Å². The Bertz CT molecular complexity index is 2190. The summed E-state index contributed by atoms with van der Waals surface area (Å²) in [6.07, 6.45) is -3.49. The molecule has 0 saturated heterocycles. The van der Waals surface area contributed by atoms with Crippen molar-refractivity contribution in [1.82, 2.24) is 47.9 Å². The minimum atomic E-state index is -1.98. The number of carbonyl (C=O) groups is 14. The van der Waals surface area contributed by atoms with E-state index in [2.05, 4.69) is 47.9 Å². The number of aliphatic hydroxyl groups excluding tert-OH is 1. The topological polar surface area (TPSA) is 500 Å². The maximum atomic E-state index is 14.0. The molecular formula is C50H85N11O19. The van der Waals surface area contributed by atoms with Crippen LogP contribution < -0.4 is 59.3 Å². The SMILES string of the molecule is CC[C@H](C)[C@H](NC(=O)[C@H](CO)NC(=O)[C@H](CC(C)C)NC(=O)[C@@H](NC(=O)[C@H](CC(=O)O)NC(=O)[C@H](CCC(=O)O)NC(=O)[C@@H](NC(=O)[C@@H](N)CCC(=O)O)[C@@H](C)CC)C(C)C)C(=O)N[C@@H](CC(C)C)C(=O)N[C@@H](CC(N)=O)C(=O)O. The summed E-state index contributed by atoms with van der Waals surface area (Å²) in [7, 11) is 0. The second kappa shape index (κ2) is 35.9. The van der Waals surface area contributed by atoms with E-state index in [-0.39, 0.29) is 43.9 Å². The van der Waals surface area contributed by atoms with Crippen LogP contribution >= 0.6 is 0 Å². The van der Waals surface area contributed by atoms with Gasteiger partial charge in [0.2, 0.25) is 59.1 Å². The molecule has 0 aromatic carbocycles. The zero-order valence-corrected chi connectivity index (χ0v) is 47.0. The van der Waals surface area contributed by atoms with Gasteiger partial charge in [0.25, 0.3) is 0 Å². The predicted molar refractivity (Wildman–Crippen MR) is 283 cm³/mol. The average Bonchev–Trinajstić information content (AvgIpc) is 3.35. The van der Waals surface area contributed by atoms with Gasteiger partial charge in [-0.05, 0) is 55.3 Å². The van der Waals surface area contributed by atoms with Crippen molar-refractivity contribution in [1.29, 1.82) is 0 Å². The molecule has 0 saturated carbocycles. The molecule has 0 aromatic heterocycles. The van der Waals surface area contributed by atoms with E-state index < -0.39 is 200 Å². The van der Waals surface area contributed by atoms with Crippen molar-refractivity contribution >= 4 is 82.9 Å². The fourth-order valence-electron chi connectivity index (χ4n) is 7.64. The van der Waals surface area contributed by atoms with E-state index in [9.17, 15) is 87.5 Å². The van der Waals surface area contributed by atoms with Crippen molar-refractivity contribution in [2.24, 2.45) is 41.1 Å². The number of carbonyl (C=O) groups excluding carboxylic acids is 10. The van der Waals surface area contributed by atoms with Crippen molar-refractivity contribution in [3.63, 3.8) is 0 Å². The Morgan fingerprint density at radius 2 is 0.750 bits per heavy atom. The molecule has 80 heavy (non-hydrogen) atoms. The van der Waals surface area contributed by atoms with Gasteiger partial charge in [-0.1, -0.05) is 82.1 Å². The molecule has 12 atom stereocenters. The molecular weight excluding hydrogens is 1060 g/mol. The quantitative estimate of drug-likeness (QED) is 0.0286. The number of primary amides is 1. The Balaban J connectivity index is 6.64. The molecule has 454 valence electrons. The lowest BCUT2D eigenvalue weighted by Gasteiger charge is -2.30. The number of amides is 10. The van der Waals surface area contributed by atoms with E-state index in [1.54, 1.807) is 55.4 Å². The third-order valence-corrected chi connectivity index (χ3v) is 12.6. The lowest BCUT2D eigenvalue weighted by Crippen LogP contribution is -2.62. The van der Waals surface area contributed by atoms with Gasteiger partial charge in [-0.2, -0.15) is 0 Å². The summed E-state index contributed by atoms with van der Waals surface area (Å²) < 4.78 is 0.